The molecule has 2 aromatic carbocycles. The van der Waals surface area contributed by atoms with Crippen LogP contribution in [-0.4, -0.2) is 17.6 Å². The molecule has 0 bridgehead atoms. The molecule has 3 aromatic rings. The highest BCUT2D eigenvalue weighted by Gasteiger charge is 2.41. The van der Waals surface area contributed by atoms with E-state index in [1.165, 1.54) is 78.5 Å². The van der Waals surface area contributed by atoms with E-state index < -0.39 is 17.6 Å². The molecule has 11 rings (SSSR count). The van der Waals surface area contributed by atoms with Gasteiger partial charge in [0.15, 0.2) is 0 Å². The molecule has 2 radical (unpaired) electrons. The summed E-state index contributed by atoms with van der Waals surface area (Å²) in [6.45, 7) is 5.19. The lowest BCUT2D eigenvalue weighted by Crippen LogP contribution is -2.32. The van der Waals surface area contributed by atoms with Crippen molar-refractivity contribution in [2.75, 3.05) is 4.90 Å². The highest BCUT2D eigenvalue weighted by atomic mass is 32.1. The molecule has 6 aliphatic carbocycles. The van der Waals surface area contributed by atoms with Crippen molar-refractivity contribution < 1.29 is 0 Å². The largest absolute Gasteiger partial charge is 0.315 e. The molecule has 1 nitrogen and oxygen atoms in total. The Bertz CT molecular complexity index is 2560. The SMILES string of the molecule is C[Si]1C2=C(C=CCC2)C2CC=CC(N(C3=CC=C(C4=C5C=CC=CC5CC=C4)CC3)c3ccc4c(c3)[Si](C)C3CC=c5c(sc6ccccc56)=C43)=C21. The van der Waals surface area contributed by atoms with Gasteiger partial charge in [0, 0.05) is 38.1 Å². The Morgan fingerprint density at radius 2 is 1.75 bits per heavy atom. The van der Waals surface area contributed by atoms with Gasteiger partial charge in [0.2, 0.25) is 0 Å². The second kappa shape index (κ2) is 12.2. The summed E-state index contributed by atoms with van der Waals surface area (Å²) in [5.41, 5.74) is 14.2. The number of nitrogens with zero attached hydrogens (tertiary/aromatic N) is 1. The van der Waals surface area contributed by atoms with Gasteiger partial charge in [-0.2, -0.15) is 0 Å². The molecule has 0 saturated heterocycles. The second-order valence-corrected chi connectivity index (χ2v) is 21.7. The van der Waals surface area contributed by atoms with Crippen LogP contribution < -0.4 is 19.8 Å². The van der Waals surface area contributed by atoms with Crippen molar-refractivity contribution in [2.24, 2.45) is 11.8 Å². The molecule has 0 amide bonds. The van der Waals surface area contributed by atoms with Gasteiger partial charge in [0.05, 0.1) is 8.80 Å². The summed E-state index contributed by atoms with van der Waals surface area (Å²) < 4.78 is 2.96. The number of hydrogen-bond donors (Lipinski definition) is 0. The monoisotopic (exact) mass is 721 g/mol. The molecule has 2 aliphatic heterocycles. The zero-order chi connectivity index (χ0) is 34.5. The quantitative estimate of drug-likeness (QED) is 0.243. The van der Waals surface area contributed by atoms with Crippen LogP contribution in [0.3, 0.4) is 0 Å². The Morgan fingerprint density at radius 3 is 2.67 bits per heavy atom. The number of allylic oxidation sites excluding steroid dienone is 19. The molecular weight excluding hydrogens is 679 g/mol. The zero-order valence-corrected chi connectivity index (χ0v) is 32.9. The number of benzene rings is 2. The van der Waals surface area contributed by atoms with Gasteiger partial charge < -0.3 is 4.90 Å². The van der Waals surface area contributed by atoms with Crippen LogP contribution in [0.25, 0.3) is 21.7 Å². The summed E-state index contributed by atoms with van der Waals surface area (Å²) in [6.07, 6.45) is 39.4. The molecule has 3 heterocycles. The van der Waals surface area contributed by atoms with Crippen LogP contribution in [0.4, 0.5) is 5.69 Å². The number of thiophene rings is 1. The predicted octanol–water partition coefficient (Wildman–Crippen LogP) is 10.1. The van der Waals surface area contributed by atoms with Gasteiger partial charge in [-0.3, -0.25) is 0 Å². The normalized spacial score (nSPS) is 25.9. The van der Waals surface area contributed by atoms with E-state index in [1.54, 1.807) is 26.7 Å². The van der Waals surface area contributed by atoms with Crippen LogP contribution in [0.1, 0.15) is 50.5 Å². The Kier molecular flexibility index (Phi) is 7.32. The molecule has 4 heteroatoms. The molecule has 254 valence electrons. The van der Waals surface area contributed by atoms with E-state index in [0.717, 1.165) is 25.7 Å². The first-order valence-corrected chi connectivity index (χ1v) is 24.3. The Labute approximate surface area is 315 Å². The molecule has 0 N–H and O–H groups in total. The lowest BCUT2D eigenvalue weighted by atomic mass is 9.80. The van der Waals surface area contributed by atoms with Gasteiger partial charge >= 0.3 is 0 Å². The van der Waals surface area contributed by atoms with Gasteiger partial charge in [-0.1, -0.05) is 115 Å². The standard InChI is InChI=1S/C48H43NSSi2/c1-51-44-28-27-38-36-14-5-7-19-42(36)50-47(38)46(44)40-26-25-33(29-45(40)51)49(41-18-10-17-39-37-15-6-8-20-43(37)52(2)48(39)41)32-23-21-31(22-24-32)35-16-9-12-30-11-3-4-13-34(30)35/h3-7,9-11,13-16,18-19,21,23,25-27,29-30,39,44H,8,12,17,20,22,24,28H2,1-2H3. The molecule has 0 spiro atoms. The molecular formula is C48H43NSSi2. The van der Waals surface area contributed by atoms with E-state index in [4.69, 9.17) is 0 Å². The summed E-state index contributed by atoms with van der Waals surface area (Å²) in [7, 11) is -1.55. The summed E-state index contributed by atoms with van der Waals surface area (Å²) in [5, 5.41) is 8.10. The fourth-order valence-corrected chi connectivity index (χ4v) is 17.5. The van der Waals surface area contributed by atoms with Crippen molar-refractivity contribution in [1.82, 2.24) is 0 Å². The summed E-state index contributed by atoms with van der Waals surface area (Å²) in [5.74, 6) is 1.06. The van der Waals surface area contributed by atoms with E-state index >= 15 is 0 Å². The first-order chi connectivity index (χ1) is 25.6. The minimum atomic E-state index is -0.775. The third-order valence-electron chi connectivity index (χ3n) is 13.1. The van der Waals surface area contributed by atoms with Gasteiger partial charge in [-0.25, -0.2) is 0 Å². The van der Waals surface area contributed by atoms with E-state index in [0.29, 0.717) is 17.4 Å². The lowest BCUT2D eigenvalue weighted by molar-refractivity contribution is 0.746. The van der Waals surface area contributed by atoms with Crippen LogP contribution in [0.2, 0.25) is 18.6 Å². The fraction of sp³-hybridized carbons (Fsp3) is 0.250. The third kappa shape index (κ3) is 4.63. The molecule has 8 aliphatic rings. The Morgan fingerprint density at radius 1 is 0.827 bits per heavy atom. The van der Waals surface area contributed by atoms with E-state index in [1.807, 2.05) is 11.3 Å². The topological polar surface area (TPSA) is 3.24 Å². The summed E-state index contributed by atoms with van der Waals surface area (Å²) >= 11 is 2.02. The Balaban J connectivity index is 1.07. The van der Waals surface area contributed by atoms with Crippen molar-refractivity contribution in [1.29, 1.82) is 0 Å². The number of hydrogen-bond acceptors (Lipinski definition) is 2. The summed E-state index contributed by atoms with van der Waals surface area (Å²) in [6, 6.07) is 16.7. The average molecular weight is 722 g/mol. The number of fused-ring (bicyclic) bond motifs is 9. The van der Waals surface area contributed by atoms with Crippen LogP contribution in [0.5, 0.6) is 0 Å². The minimum Gasteiger partial charge on any atom is -0.315 e. The van der Waals surface area contributed by atoms with Crippen LogP contribution in [0, 0.1) is 11.8 Å². The lowest BCUT2D eigenvalue weighted by Gasteiger charge is -2.36. The first kappa shape index (κ1) is 31.3. The maximum atomic E-state index is 2.74. The predicted molar refractivity (Wildman–Crippen MR) is 226 cm³/mol. The van der Waals surface area contributed by atoms with Gasteiger partial charge in [0.1, 0.15) is 8.80 Å². The molecule has 1 aromatic heterocycles. The molecule has 3 atom stereocenters. The Hall–Kier alpha value is -4.23. The highest BCUT2D eigenvalue weighted by Crippen LogP contribution is 2.49. The number of rotatable bonds is 4. The maximum Gasteiger partial charge on any atom is 0.111 e. The van der Waals surface area contributed by atoms with Gasteiger partial charge in [-0.15, -0.1) is 11.3 Å². The third-order valence-corrected chi connectivity index (χ3v) is 20.0. The number of anilines is 1. The van der Waals surface area contributed by atoms with Crippen LogP contribution in [0.15, 0.2) is 159 Å². The zero-order valence-electron chi connectivity index (χ0n) is 30.1. The summed E-state index contributed by atoms with van der Waals surface area (Å²) in [4.78, 5) is 2.74. The fourth-order valence-electron chi connectivity index (χ4n) is 10.6. The highest BCUT2D eigenvalue weighted by molar-refractivity contribution is 7.17. The molecule has 0 fully saturated rings. The van der Waals surface area contributed by atoms with E-state index in [2.05, 4.69) is 139 Å². The van der Waals surface area contributed by atoms with E-state index in [9.17, 15) is 0 Å². The van der Waals surface area contributed by atoms with Crippen LogP contribution >= 0.6 is 11.3 Å². The van der Waals surface area contributed by atoms with Gasteiger partial charge in [0.25, 0.3) is 0 Å². The average Bonchev–Trinajstić information content (AvgIpc) is 3.82. The van der Waals surface area contributed by atoms with Crippen molar-refractivity contribution >= 4 is 61.5 Å². The first-order valence-electron chi connectivity index (χ1n) is 19.4. The maximum absolute atomic E-state index is 2.74. The van der Waals surface area contributed by atoms with Crippen molar-refractivity contribution in [3.63, 3.8) is 0 Å². The van der Waals surface area contributed by atoms with Gasteiger partial charge in [-0.05, 0) is 130 Å². The molecule has 52 heavy (non-hydrogen) atoms. The minimum absolute atomic E-state index is 0.517. The molecule has 3 unspecified atom stereocenters. The van der Waals surface area contributed by atoms with Crippen molar-refractivity contribution in [2.45, 2.75) is 63.6 Å². The van der Waals surface area contributed by atoms with Crippen molar-refractivity contribution in [3.8, 4) is 0 Å². The van der Waals surface area contributed by atoms with E-state index in [-0.39, 0.29) is 0 Å². The second-order valence-electron chi connectivity index (χ2n) is 15.7. The smallest absolute Gasteiger partial charge is 0.111 e. The van der Waals surface area contributed by atoms with Crippen LogP contribution in [-0.2, 0) is 0 Å². The molecule has 0 saturated carbocycles. The van der Waals surface area contributed by atoms with Crippen molar-refractivity contribution in [3.05, 3.63) is 175 Å².